The maximum atomic E-state index is 7.91. The van der Waals surface area contributed by atoms with Crippen LogP contribution in [0.5, 0.6) is 0 Å². The molecule has 0 unspecified atom stereocenters. The van der Waals surface area contributed by atoms with Gasteiger partial charge in [0.15, 0.2) is 0 Å². The molecule has 0 saturated carbocycles. The van der Waals surface area contributed by atoms with Gasteiger partial charge in [-0.3, -0.25) is 10.4 Å². The second-order valence-electron chi connectivity index (χ2n) is 6.97. The molecule has 1 aliphatic rings. The van der Waals surface area contributed by atoms with Gasteiger partial charge in [-0.05, 0) is 30.7 Å². The molecule has 0 spiro atoms. The molecule has 1 aliphatic heterocycles. The Labute approximate surface area is 180 Å². The van der Waals surface area contributed by atoms with E-state index in [0.29, 0.717) is 11.6 Å². The number of aryl methyl sites for hydroxylation is 1. The summed E-state index contributed by atoms with van der Waals surface area (Å²) < 4.78 is 2.26. The van der Waals surface area contributed by atoms with Crippen LogP contribution in [-0.4, -0.2) is 47.2 Å². The molecule has 0 radical (unpaired) electrons. The highest BCUT2D eigenvalue weighted by atomic mass is 35.5. The Balaban J connectivity index is 1.82. The SMILES string of the molecule is CCn1c(-c2ccc(Cl)cc2)c(/C=N/N(CC2=NCCN2)C(=N)N)c2ccccc21. The van der Waals surface area contributed by atoms with Gasteiger partial charge in [0.1, 0.15) is 12.4 Å². The van der Waals surface area contributed by atoms with Crippen LogP contribution in [-0.2, 0) is 6.54 Å². The Bertz CT molecular complexity index is 1130. The number of benzene rings is 2. The zero-order chi connectivity index (χ0) is 21.1. The Hall–Kier alpha value is -3.32. The summed E-state index contributed by atoms with van der Waals surface area (Å²) in [5.74, 6) is 0.659. The van der Waals surface area contributed by atoms with Gasteiger partial charge in [0, 0.05) is 34.6 Å². The molecule has 4 rings (SSSR count). The third-order valence-corrected chi connectivity index (χ3v) is 5.34. The zero-order valence-corrected chi connectivity index (χ0v) is 17.5. The van der Waals surface area contributed by atoms with Crippen LogP contribution in [0.3, 0.4) is 0 Å². The van der Waals surface area contributed by atoms with Crippen molar-refractivity contribution in [1.82, 2.24) is 14.9 Å². The van der Waals surface area contributed by atoms with Crippen LogP contribution in [0.2, 0.25) is 5.02 Å². The van der Waals surface area contributed by atoms with Crippen molar-refractivity contribution >= 4 is 40.5 Å². The average molecular weight is 422 g/mol. The van der Waals surface area contributed by atoms with Gasteiger partial charge in [0.25, 0.3) is 0 Å². The van der Waals surface area contributed by atoms with Crippen molar-refractivity contribution in [3.63, 3.8) is 0 Å². The summed E-state index contributed by atoms with van der Waals surface area (Å²) in [4.78, 5) is 4.37. The molecule has 7 nitrogen and oxygen atoms in total. The zero-order valence-electron chi connectivity index (χ0n) is 16.8. The number of nitrogens with one attached hydrogen (secondary N) is 2. The van der Waals surface area contributed by atoms with Crippen molar-refractivity contribution in [2.75, 3.05) is 19.6 Å². The number of para-hydroxylation sites is 1. The molecule has 8 heteroatoms. The van der Waals surface area contributed by atoms with Crippen molar-refractivity contribution in [2.24, 2.45) is 15.8 Å². The monoisotopic (exact) mass is 421 g/mol. The van der Waals surface area contributed by atoms with Crippen molar-refractivity contribution in [2.45, 2.75) is 13.5 Å². The standard InChI is InChI=1S/C22H24ClN7/c1-2-29-19-6-4-3-5-17(19)18(21(29)15-7-9-16(23)10-8-15)13-28-30(22(24)25)14-20-26-11-12-27-20/h3-10,13H,2,11-12,14H2,1H3,(H3,24,25)(H,26,27)/b28-13+. The molecular weight excluding hydrogens is 398 g/mol. The maximum Gasteiger partial charge on any atom is 0.209 e. The van der Waals surface area contributed by atoms with Crippen LogP contribution in [0.15, 0.2) is 58.6 Å². The third kappa shape index (κ3) is 3.89. The fourth-order valence-electron chi connectivity index (χ4n) is 3.72. The third-order valence-electron chi connectivity index (χ3n) is 5.09. The normalized spacial score (nSPS) is 13.6. The first kappa shape index (κ1) is 20.0. The number of nitrogens with two attached hydrogens (primary N) is 1. The van der Waals surface area contributed by atoms with Crippen LogP contribution in [0.25, 0.3) is 22.2 Å². The van der Waals surface area contributed by atoms with Crippen LogP contribution >= 0.6 is 11.6 Å². The summed E-state index contributed by atoms with van der Waals surface area (Å²) in [5.41, 5.74) is 9.99. The second kappa shape index (κ2) is 8.59. The molecule has 0 bridgehead atoms. The number of hydrazone groups is 1. The lowest BCUT2D eigenvalue weighted by Crippen LogP contribution is -2.39. The molecule has 0 atom stereocenters. The second-order valence-corrected chi connectivity index (χ2v) is 7.41. The van der Waals surface area contributed by atoms with Gasteiger partial charge >= 0.3 is 0 Å². The first-order chi connectivity index (χ1) is 14.6. The molecule has 0 fully saturated rings. The lowest BCUT2D eigenvalue weighted by atomic mass is 10.1. The minimum atomic E-state index is -0.130. The topological polar surface area (TPSA) is 94.8 Å². The molecule has 4 N–H and O–H groups in total. The highest BCUT2D eigenvalue weighted by Crippen LogP contribution is 2.33. The number of aromatic nitrogens is 1. The summed E-state index contributed by atoms with van der Waals surface area (Å²) >= 11 is 6.12. The summed E-state index contributed by atoms with van der Waals surface area (Å²) in [7, 11) is 0. The molecule has 30 heavy (non-hydrogen) atoms. The van der Waals surface area contributed by atoms with E-state index in [1.807, 2.05) is 36.4 Å². The van der Waals surface area contributed by atoms with Crippen LogP contribution in [0.1, 0.15) is 12.5 Å². The van der Waals surface area contributed by atoms with Gasteiger partial charge in [-0.15, -0.1) is 0 Å². The van der Waals surface area contributed by atoms with Crippen LogP contribution in [0.4, 0.5) is 0 Å². The number of rotatable bonds is 6. The molecule has 1 aromatic heterocycles. The van der Waals surface area contributed by atoms with Gasteiger partial charge < -0.3 is 15.6 Å². The van der Waals surface area contributed by atoms with Gasteiger partial charge in [0.2, 0.25) is 5.96 Å². The smallest absolute Gasteiger partial charge is 0.209 e. The molecule has 154 valence electrons. The van der Waals surface area contributed by atoms with Crippen molar-refractivity contribution < 1.29 is 0 Å². The molecule has 0 aliphatic carbocycles. The maximum absolute atomic E-state index is 7.91. The Morgan fingerprint density at radius 1 is 1.30 bits per heavy atom. The Kier molecular flexibility index (Phi) is 5.72. The Morgan fingerprint density at radius 2 is 2.07 bits per heavy atom. The van der Waals surface area contributed by atoms with Crippen LogP contribution < -0.4 is 11.1 Å². The van der Waals surface area contributed by atoms with E-state index < -0.39 is 0 Å². The van der Waals surface area contributed by atoms with E-state index >= 15 is 0 Å². The number of halogens is 1. The first-order valence-electron chi connectivity index (χ1n) is 9.88. The lowest BCUT2D eigenvalue weighted by molar-refractivity contribution is 0.497. The van der Waals surface area contributed by atoms with E-state index in [-0.39, 0.29) is 5.96 Å². The first-order valence-corrected chi connectivity index (χ1v) is 10.3. The fraction of sp³-hybridized carbons (Fsp3) is 0.227. The molecule has 0 amide bonds. The van der Waals surface area contributed by atoms with Gasteiger partial charge in [-0.2, -0.15) is 5.10 Å². The summed E-state index contributed by atoms with van der Waals surface area (Å²) in [6.45, 7) is 4.81. The number of hydrogen-bond acceptors (Lipinski definition) is 4. The minimum absolute atomic E-state index is 0.130. The van der Waals surface area contributed by atoms with Crippen molar-refractivity contribution in [3.8, 4) is 11.3 Å². The lowest BCUT2D eigenvalue weighted by Gasteiger charge is -2.16. The quantitative estimate of drug-likeness (QED) is 0.323. The predicted octanol–water partition coefficient (Wildman–Crippen LogP) is 3.51. The van der Waals surface area contributed by atoms with E-state index in [2.05, 4.69) is 39.0 Å². The number of nitrogens with zero attached hydrogens (tertiary/aromatic N) is 4. The molecule has 2 heterocycles. The summed E-state index contributed by atoms with van der Waals surface area (Å²) in [6.07, 6.45) is 1.79. The van der Waals surface area contributed by atoms with E-state index in [4.69, 9.17) is 22.7 Å². The van der Waals surface area contributed by atoms with E-state index in [9.17, 15) is 0 Å². The highest BCUT2D eigenvalue weighted by molar-refractivity contribution is 6.30. The average Bonchev–Trinajstić information content (AvgIpc) is 3.37. The number of fused-ring (bicyclic) bond motifs is 1. The van der Waals surface area contributed by atoms with Gasteiger partial charge in [0.05, 0.1) is 18.5 Å². The van der Waals surface area contributed by atoms with Crippen molar-refractivity contribution in [3.05, 3.63) is 59.1 Å². The molecule has 0 saturated heterocycles. The highest BCUT2D eigenvalue weighted by Gasteiger charge is 2.18. The van der Waals surface area contributed by atoms with E-state index in [1.54, 1.807) is 6.21 Å². The van der Waals surface area contributed by atoms with E-state index in [1.165, 1.54) is 5.01 Å². The van der Waals surface area contributed by atoms with Gasteiger partial charge in [-0.25, -0.2) is 5.01 Å². The largest absolute Gasteiger partial charge is 0.370 e. The predicted molar refractivity (Wildman–Crippen MR) is 125 cm³/mol. The van der Waals surface area contributed by atoms with Crippen molar-refractivity contribution in [1.29, 1.82) is 5.41 Å². The van der Waals surface area contributed by atoms with E-state index in [0.717, 1.165) is 53.2 Å². The Morgan fingerprint density at radius 3 is 2.73 bits per heavy atom. The fourth-order valence-corrected chi connectivity index (χ4v) is 3.84. The molecule has 2 aromatic carbocycles. The number of amidine groups is 1. The summed E-state index contributed by atoms with van der Waals surface area (Å²) in [6, 6.07) is 16.1. The number of guanidine groups is 1. The van der Waals surface area contributed by atoms with Gasteiger partial charge in [-0.1, -0.05) is 41.9 Å². The number of aliphatic imine (C=N–C) groups is 1. The number of hydrogen-bond donors (Lipinski definition) is 3. The summed E-state index contributed by atoms with van der Waals surface area (Å²) in [5, 5.41) is 18.9. The van der Waals surface area contributed by atoms with Crippen LogP contribution in [0, 0.1) is 5.41 Å². The molecule has 3 aromatic rings. The minimum Gasteiger partial charge on any atom is -0.370 e. The molecular formula is C22H24ClN7.